The molecule has 0 atom stereocenters. The second-order valence-corrected chi connectivity index (χ2v) is 4.85. The van der Waals surface area contributed by atoms with E-state index in [1.165, 1.54) is 6.20 Å². The first kappa shape index (κ1) is 17.0. The Morgan fingerprint density at radius 2 is 1.83 bits per heavy atom. The highest BCUT2D eigenvalue weighted by Gasteiger charge is 2.13. The normalized spacial score (nSPS) is 10.9. The zero-order valence-electron chi connectivity index (χ0n) is 12.6. The highest BCUT2D eigenvalue weighted by atomic mass is 16.3. The number of aryl methyl sites for hydroxylation is 1. The van der Waals surface area contributed by atoms with E-state index in [2.05, 4.69) is 15.5 Å². The Morgan fingerprint density at radius 1 is 1.21 bits per heavy atom. The van der Waals surface area contributed by atoms with Crippen molar-refractivity contribution in [2.24, 2.45) is 5.10 Å². The average Bonchev–Trinajstić information content (AvgIpc) is 2.56. The van der Waals surface area contributed by atoms with Crippen molar-refractivity contribution in [1.29, 1.82) is 0 Å². The number of aromatic nitrogens is 1. The fraction of sp³-hybridized carbons (Fsp3) is 0.133. The molecule has 0 unspecified atom stereocenters. The molecule has 0 saturated carbocycles. The van der Waals surface area contributed by atoms with Crippen LogP contribution in [0.1, 0.15) is 27.2 Å². The van der Waals surface area contributed by atoms with Crippen LogP contribution in [0.2, 0.25) is 0 Å². The van der Waals surface area contributed by atoms with Gasteiger partial charge in [-0.3, -0.25) is 9.78 Å². The van der Waals surface area contributed by atoms with Gasteiger partial charge in [-0.2, -0.15) is 5.10 Å². The van der Waals surface area contributed by atoms with E-state index in [9.17, 15) is 30.3 Å². The molecule has 24 heavy (non-hydrogen) atoms. The summed E-state index contributed by atoms with van der Waals surface area (Å²) in [5, 5.41) is 50.8. The van der Waals surface area contributed by atoms with Gasteiger partial charge >= 0.3 is 0 Å². The van der Waals surface area contributed by atoms with Gasteiger partial charge in [-0.1, -0.05) is 0 Å². The van der Waals surface area contributed by atoms with E-state index in [4.69, 9.17) is 0 Å². The number of amides is 1. The van der Waals surface area contributed by atoms with E-state index in [1.54, 1.807) is 6.92 Å². The molecule has 0 aliphatic carbocycles. The van der Waals surface area contributed by atoms with Crippen LogP contribution < -0.4 is 5.43 Å². The Bertz CT molecular complexity index is 796. The van der Waals surface area contributed by atoms with Crippen molar-refractivity contribution >= 4 is 12.1 Å². The standard InChI is InChI=1S/C15H15N3O6/c1-7-13(22)10(9(6-19)4-16-7)5-17-18-15(24)8-2-11(20)14(23)12(21)3-8/h2-5,19-23H,6H2,1H3,(H,18,24). The lowest BCUT2D eigenvalue weighted by Gasteiger charge is -2.07. The zero-order valence-corrected chi connectivity index (χ0v) is 12.6. The van der Waals surface area contributed by atoms with Gasteiger partial charge in [0.2, 0.25) is 0 Å². The number of aromatic hydroxyl groups is 4. The number of hydrogen-bond acceptors (Lipinski definition) is 8. The topological polar surface area (TPSA) is 156 Å². The van der Waals surface area contributed by atoms with E-state index < -0.39 is 23.2 Å². The Morgan fingerprint density at radius 3 is 2.42 bits per heavy atom. The lowest BCUT2D eigenvalue weighted by Crippen LogP contribution is -2.17. The summed E-state index contributed by atoms with van der Waals surface area (Å²) >= 11 is 0. The number of nitrogens with one attached hydrogen (secondary N) is 1. The third kappa shape index (κ3) is 3.36. The Hall–Kier alpha value is -3.33. The summed E-state index contributed by atoms with van der Waals surface area (Å²) in [6, 6.07) is 1.90. The average molecular weight is 333 g/mol. The maximum Gasteiger partial charge on any atom is 0.271 e. The number of nitrogens with zero attached hydrogens (tertiary/aromatic N) is 2. The number of hydrogen-bond donors (Lipinski definition) is 6. The highest BCUT2D eigenvalue weighted by Crippen LogP contribution is 2.35. The van der Waals surface area contributed by atoms with Gasteiger partial charge in [0.1, 0.15) is 5.75 Å². The van der Waals surface area contributed by atoms with Crippen LogP contribution in [-0.2, 0) is 6.61 Å². The zero-order chi connectivity index (χ0) is 17.9. The fourth-order valence-electron chi connectivity index (χ4n) is 1.88. The first-order valence-corrected chi connectivity index (χ1v) is 6.71. The third-order valence-electron chi connectivity index (χ3n) is 3.22. The molecule has 0 aliphatic rings. The smallest absolute Gasteiger partial charge is 0.271 e. The summed E-state index contributed by atoms with van der Waals surface area (Å²) in [4.78, 5) is 15.8. The molecule has 126 valence electrons. The van der Waals surface area contributed by atoms with Gasteiger partial charge in [0.15, 0.2) is 17.2 Å². The molecule has 2 aromatic rings. The predicted octanol–water partition coefficient (Wildman–Crippen LogP) is 0.469. The van der Waals surface area contributed by atoms with Crippen LogP contribution in [0.25, 0.3) is 0 Å². The predicted molar refractivity (Wildman–Crippen MR) is 83.1 cm³/mol. The van der Waals surface area contributed by atoms with Gasteiger partial charge in [0.05, 0.1) is 18.5 Å². The Kier molecular flexibility index (Phi) is 4.85. The molecule has 1 aromatic carbocycles. The molecule has 0 aliphatic heterocycles. The van der Waals surface area contributed by atoms with Gasteiger partial charge in [-0.05, 0) is 19.1 Å². The molecule has 6 N–H and O–H groups in total. The Balaban J connectivity index is 2.21. The van der Waals surface area contributed by atoms with E-state index in [-0.39, 0.29) is 23.5 Å². The van der Waals surface area contributed by atoms with E-state index in [0.717, 1.165) is 18.3 Å². The minimum atomic E-state index is -0.771. The largest absolute Gasteiger partial charge is 0.505 e. The number of carbonyl (C=O) groups is 1. The quantitative estimate of drug-likeness (QED) is 0.270. The van der Waals surface area contributed by atoms with Crippen molar-refractivity contribution in [3.8, 4) is 23.0 Å². The molecule has 0 spiro atoms. The lowest BCUT2D eigenvalue weighted by atomic mass is 10.1. The van der Waals surface area contributed by atoms with Crippen LogP contribution in [-0.4, -0.2) is 42.6 Å². The summed E-state index contributed by atoms with van der Waals surface area (Å²) in [6.45, 7) is 1.18. The van der Waals surface area contributed by atoms with Crippen molar-refractivity contribution in [1.82, 2.24) is 10.4 Å². The minimum absolute atomic E-state index is 0.141. The lowest BCUT2D eigenvalue weighted by molar-refractivity contribution is 0.0954. The van der Waals surface area contributed by atoms with Gasteiger partial charge in [0.25, 0.3) is 5.91 Å². The SMILES string of the molecule is Cc1ncc(CO)c(C=NNC(=O)c2cc(O)c(O)c(O)c2)c1O. The van der Waals surface area contributed by atoms with Crippen LogP contribution in [0.3, 0.4) is 0 Å². The van der Waals surface area contributed by atoms with Crippen LogP contribution in [0.4, 0.5) is 0 Å². The summed E-state index contributed by atoms with van der Waals surface area (Å²) in [5.74, 6) is -3.00. The maximum absolute atomic E-state index is 11.9. The van der Waals surface area contributed by atoms with Gasteiger partial charge in [-0.25, -0.2) is 5.43 Å². The second kappa shape index (κ2) is 6.84. The molecule has 1 amide bonds. The monoisotopic (exact) mass is 333 g/mol. The number of aliphatic hydroxyl groups excluding tert-OH is 1. The summed E-state index contributed by atoms with van der Waals surface area (Å²) < 4.78 is 0. The van der Waals surface area contributed by atoms with Crippen molar-refractivity contribution in [3.63, 3.8) is 0 Å². The molecule has 9 heteroatoms. The molecule has 0 saturated heterocycles. The molecular formula is C15H15N3O6. The summed E-state index contributed by atoms with van der Waals surface area (Å²) in [5.41, 5.74) is 2.83. The van der Waals surface area contributed by atoms with Crippen molar-refractivity contribution in [2.45, 2.75) is 13.5 Å². The number of hydrazone groups is 1. The fourth-order valence-corrected chi connectivity index (χ4v) is 1.88. The number of carbonyl (C=O) groups excluding carboxylic acids is 1. The van der Waals surface area contributed by atoms with Crippen molar-refractivity contribution in [3.05, 3.63) is 40.7 Å². The highest BCUT2D eigenvalue weighted by molar-refractivity contribution is 5.96. The van der Waals surface area contributed by atoms with E-state index in [1.807, 2.05) is 0 Å². The van der Waals surface area contributed by atoms with Gasteiger partial charge < -0.3 is 25.5 Å². The number of pyridine rings is 1. The minimum Gasteiger partial charge on any atom is -0.505 e. The molecular weight excluding hydrogens is 318 g/mol. The molecule has 2 rings (SSSR count). The second-order valence-electron chi connectivity index (χ2n) is 4.85. The van der Waals surface area contributed by atoms with Gasteiger partial charge in [0, 0.05) is 22.9 Å². The molecule has 0 radical (unpaired) electrons. The number of phenolic OH excluding ortho intramolecular Hbond substituents is 3. The molecule has 9 nitrogen and oxygen atoms in total. The van der Waals surface area contributed by atoms with Crippen molar-refractivity contribution < 1.29 is 30.3 Å². The van der Waals surface area contributed by atoms with Crippen LogP contribution >= 0.6 is 0 Å². The van der Waals surface area contributed by atoms with Crippen LogP contribution in [0, 0.1) is 6.92 Å². The van der Waals surface area contributed by atoms with Crippen LogP contribution in [0.15, 0.2) is 23.4 Å². The van der Waals surface area contributed by atoms with Crippen molar-refractivity contribution in [2.75, 3.05) is 0 Å². The molecule has 1 heterocycles. The van der Waals surface area contributed by atoms with E-state index in [0.29, 0.717) is 11.3 Å². The number of aliphatic hydroxyl groups is 1. The molecule has 1 aromatic heterocycles. The number of rotatable bonds is 4. The van der Waals surface area contributed by atoms with Gasteiger partial charge in [-0.15, -0.1) is 0 Å². The third-order valence-corrected chi connectivity index (χ3v) is 3.22. The molecule has 0 bridgehead atoms. The Labute approximate surface area is 136 Å². The maximum atomic E-state index is 11.9. The number of phenols is 3. The summed E-state index contributed by atoms with van der Waals surface area (Å²) in [7, 11) is 0. The first-order chi connectivity index (χ1) is 11.3. The molecule has 0 fully saturated rings. The van der Waals surface area contributed by atoms with Crippen LogP contribution in [0.5, 0.6) is 23.0 Å². The van der Waals surface area contributed by atoms with E-state index >= 15 is 0 Å². The first-order valence-electron chi connectivity index (χ1n) is 6.71. The summed E-state index contributed by atoms with van der Waals surface area (Å²) in [6.07, 6.45) is 2.50. The number of benzene rings is 1.